The molecule has 0 fully saturated rings. The topological polar surface area (TPSA) is 82.0 Å². The first-order valence-electron chi connectivity index (χ1n) is 6.02. The van der Waals surface area contributed by atoms with Crippen LogP contribution in [0, 0.1) is 0 Å². The van der Waals surface area contributed by atoms with Gasteiger partial charge in [0, 0.05) is 23.4 Å². The van der Waals surface area contributed by atoms with E-state index in [1.807, 2.05) is 42.5 Å². The molecule has 0 aliphatic heterocycles. The van der Waals surface area contributed by atoms with Crippen LogP contribution in [0.25, 0.3) is 22.5 Å². The molecule has 0 saturated heterocycles. The number of amides is 1. The van der Waals surface area contributed by atoms with Crippen LogP contribution in [0.2, 0.25) is 0 Å². The molecule has 0 spiro atoms. The van der Waals surface area contributed by atoms with Crippen molar-refractivity contribution >= 4 is 5.91 Å². The molecule has 20 heavy (non-hydrogen) atoms. The van der Waals surface area contributed by atoms with Gasteiger partial charge in [0.15, 0.2) is 0 Å². The number of pyridine rings is 1. The number of aromatic nitrogens is 2. The van der Waals surface area contributed by atoms with E-state index in [4.69, 9.17) is 10.3 Å². The Labute approximate surface area is 115 Å². The van der Waals surface area contributed by atoms with E-state index < -0.39 is 5.91 Å². The number of nitrogens with two attached hydrogens (primary N) is 1. The van der Waals surface area contributed by atoms with E-state index in [9.17, 15) is 4.79 Å². The van der Waals surface area contributed by atoms with Gasteiger partial charge in [-0.3, -0.25) is 9.78 Å². The minimum atomic E-state index is -0.631. The SMILES string of the molecule is NC(=O)c1cc(-c2ccc(-c3ccccn3)cc2)no1. The van der Waals surface area contributed by atoms with Crippen molar-refractivity contribution in [3.63, 3.8) is 0 Å². The zero-order valence-electron chi connectivity index (χ0n) is 10.5. The number of carbonyl (C=O) groups excluding carboxylic acids is 1. The highest BCUT2D eigenvalue weighted by Gasteiger charge is 2.10. The summed E-state index contributed by atoms with van der Waals surface area (Å²) in [4.78, 5) is 15.2. The second kappa shape index (κ2) is 4.97. The molecule has 2 N–H and O–H groups in total. The summed E-state index contributed by atoms with van der Waals surface area (Å²) in [7, 11) is 0. The molecule has 1 aromatic carbocycles. The van der Waals surface area contributed by atoms with E-state index in [0.29, 0.717) is 5.69 Å². The van der Waals surface area contributed by atoms with Crippen molar-refractivity contribution < 1.29 is 9.32 Å². The fourth-order valence-electron chi connectivity index (χ4n) is 1.87. The maximum atomic E-state index is 11.0. The van der Waals surface area contributed by atoms with Gasteiger partial charge in [0.25, 0.3) is 5.91 Å². The molecule has 3 aromatic rings. The number of benzene rings is 1. The molecule has 3 rings (SSSR count). The van der Waals surface area contributed by atoms with Crippen LogP contribution >= 0.6 is 0 Å². The van der Waals surface area contributed by atoms with E-state index in [-0.39, 0.29) is 5.76 Å². The number of hydrogen-bond acceptors (Lipinski definition) is 4. The van der Waals surface area contributed by atoms with Crippen molar-refractivity contribution in [3.8, 4) is 22.5 Å². The molecule has 98 valence electrons. The monoisotopic (exact) mass is 265 g/mol. The molecule has 0 unspecified atom stereocenters. The third-order valence-corrected chi connectivity index (χ3v) is 2.89. The summed E-state index contributed by atoms with van der Waals surface area (Å²) in [5.41, 5.74) is 8.46. The lowest BCUT2D eigenvalue weighted by atomic mass is 10.1. The summed E-state index contributed by atoms with van der Waals surface area (Å²) in [6.45, 7) is 0. The Morgan fingerprint density at radius 1 is 1.00 bits per heavy atom. The third-order valence-electron chi connectivity index (χ3n) is 2.89. The van der Waals surface area contributed by atoms with Crippen LogP contribution in [-0.2, 0) is 0 Å². The number of nitrogens with zero attached hydrogens (tertiary/aromatic N) is 2. The average Bonchev–Trinajstić information content (AvgIpc) is 2.98. The second-order valence-corrected chi connectivity index (χ2v) is 4.23. The van der Waals surface area contributed by atoms with E-state index in [1.165, 1.54) is 6.07 Å². The van der Waals surface area contributed by atoms with Crippen LogP contribution in [0.4, 0.5) is 0 Å². The standard InChI is InChI=1S/C15H11N3O2/c16-15(19)14-9-13(18-20-14)11-6-4-10(5-7-11)12-3-1-2-8-17-12/h1-9H,(H2,16,19). The van der Waals surface area contributed by atoms with Gasteiger partial charge < -0.3 is 10.3 Å². The van der Waals surface area contributed by atoms with Crippen LogP contribution in [0.3, 0.4) is 0 Å². The molecule has 0 atom stereocenters. The Hall–Kier alpha value is -2.95. The van der Waals surface area contributed by atoms with Gasteiger partial charge >= 0.3 is 0 Å². The maximum Gasteiger partial charge on any atom is 0.287 e. The van der Waals surface area contributed by atoms with Crippen LogP contribution in [-0.4, -0.2) is 16.0 Å². The largest absolute Gasteiger partial charge is 0.363 e. The van der Waals surface area contributed by atoms with Crippen LogP contribution in [0.15, 0.2) is 59.3 Å². The van der Waals surface area contributed by atoms with Gasteiger partial charge in [-0.1, -0.05) is 35.5 Å². The first kappa shape index (κ1) is 12.1. The van der Waals surface area contributed by atoms with Crippen molar-refractivity contribution in [1.82, 2.24) is 10.1 Å². The number of hydrogen-bond donors (Lipinski definition) is 1. The van der Waals surface area contributed by atoms with Crippen LogP contribution in [0.5, 0.6) is 0 Å². The second-order valence-electron chi connectivity index (χ2n) is 4.23. The van der Waals surface area contributed by atoms with Gasteiger partial charge in [-0.05, 0) is 12.1 Å². The maximum absolute atomic E-state index is 11.0. The minimum Gasteiger partial charge on any atom is -0.363 e. The number of primary amides is 1. The summed E-state index contributed by atoms with van der Waals surface area (Å²) >= 11 is 0. The predicted molar refractivity (Wildman–Crippen MR) is 73.7 cm³/mol. The van der Waals surface area contributed by atoms with Crippen molar-refractivity contribution in [2.24, 2.45) is 5.73 Å². The Balaban J connectivity index is 1.91. The zero-order valence-corrected chi connectivity index (χ0v) is 10.5. The Bertz CT molecular complexity index is 733. The molecule has 0 bridgehead atoms. The molecule has 0 saturated carbocycles. The van der Waals surface area contributed by atoms with Gasteiger partial charge in [-0.2, -0.15) is 0 Å². The molecule has 2 heterocycles. The van der Waals surface area contributed by atoms with E-state index in [1.54, 1.807) is 6.20 Å². The Morgan fingerprint density at radius 3 is 2.25 bits per heavy atom. The van der Waals surface area contributed by atoms with Gasteiger partial charge in [0.05, 0.1) is 5.69 Å². The molecule has 0 radical (unpaired) electrons. The summed E-state index contributed by atoms with van der Waals surface area (Å²) in [6, 6.07) is 15.0. The molecule has 2 aromatic heterocycles. The number of rotatable bonds is 3. The molecule has 0 aliphatic rings. The van der Waals surface area contributed by atoms with Crippen LogP contribution < -0.4 is 5.73 Å². The molecular formula is C15H11N3O2. The molecule has 1 amide bonds. The van der Waals surface area contributed by atoms with Crippen molar-refractivity contribution in [3.05, 3.63) is 60.5 Å². The fraction of sp³-hybridized carbons (Fsp3) is 0. The lowest BCUT2D eigenvalue weighted by Gasteiger charge is -2.01. The lowest BCUT2D eigenvalue weighted by molar-refractivity contribution is 0.0965. The highest BCUT2D eigenvalue weighted by atomic mass is 16.5. The minimum absolute atomic E-state index is 0.0498. The smallest absolute Gasteiger partial charge is 0.287 e. The molecule has 0 aliphatic carbocycles. The van der Waals surface area contributed by atoms with E-state index in [0.717, 1.165) is 16.8 Å². The molecule has 5 heteroatoms. The van der Waals surface area contributed by atoms with E-state index in [2.05, 4.69) is 10.1 Å². The van der Waals surface area contributed by atoms with Crippen molar-refractivity contribution in [1.29, 1.82) is 0 Å². The van der Waals surface area contributed by atoms with Gasteiger partial charge in [0.2, 0.25) is 5.76 Å². The molecule has 5 nitrogen and oxygen atoms in total. The van der Waals surface area contributed by atoms with Crippen LogP contribution in [0.1, 0.15) is 10.6 Å². The zero-order chi connectivity index (χ0) is 13.9. The summed E-state index contributed by atoms with van der Waals surface area (Å²) in [5.74, 6) is -0.581. The highest BCUT2D eigenvalue weighted by molar-refractivity contribution is 5.90. The fourth-order valence-corrected chi connectivity index (χ4v) is 1.87. The van der Waals surface area contributed by atoms with Gasteiger partial charge in [0.1, 0.15) is 5.69 Å². The van der Waals surface area contributed by atoms with Gasteiger partial charge in [-0.25, -0.2) is 0 Å². The molecular weight excluding hydrogens is 254 g/mol. The third kappa shape index (κ3) is 2.29. The lowest BCUT2D eigenvalue weighted by Crippen LogP contribution is -2.09. The Kier molecular flexibility index (Phi) is 3.01. The summed E-state index contributed by atoms with van der Waals surface area (Å²) in [6.07, 6.45) is 1.75. The predicted octanol–water partition coefficient (Wildman–Crippen LogP) is 2.50. The Morgan fingerprint density at radius 2 is 1.70 bits per heavy atom. The summed E-state index contributed by atoms with van der Waals surface area (Å²) in [5, 5.41) is 3.82. The van der Waals surface area contributed by atoms with Gasteiger partial charge in [-0.15, -0.1) is 0 Å². The normalized spacial score (nSPS) is 10.4. The number of carbonyl (C=O) groups is 1. The van der Waals surface area contributed by atoms with E-state index >= 15 is 0 Å². The first-order chi connectivity index (χ1) is 9.74. The van der Waals surface area contributed by atoms with Crippen molar-refractivity contribution in [2.45, 2.75) is 0 Å². The van der Waals surface area contributed by atoms with Crippen molar-refractivity contribution in [2.75, 3.05) is 0 Å². The first-order valence-corrected chi connectivity index (χ1v) is 6.02. The average molecular weight is 265 g/mol. The summed E-state index contributed by atoms with van der Waals surface area (Å²) < 4.78 is 4.86. The highest BCUT2D eigenvalue weighted by Crippen LogP contribution is 2.23. The quantitative estimate of drug-likeness (QED) is 0.788.